The van der Waals surface area contributed by atoms with Crippen LogP contribution in [0.1, 0.15) is 31.2 Å². The molecule has 0 aliphatic carbocycles. The van der Waals surface area contributed by atoms with Gasteiger partial charge in [0, 0.05) is 44.8 Å². The van der Waals surface area contributed by atoms with Gasteiger partial charge < -0.3 is 20.1 Å². The highest BCUT2D eigenvalue weighted by atomic mass is 35.5. The van der Waals surface area contributed by atoms with Gasteiger partial charge in [-0.15, -0.1) is 0 Å². The lowest BCUT2D eigenvalue weighted by Crippen LogP contribution is -2.42. The molecule has 2 amide bonds. The van der Waals surface area contributed by atoms with Crippen LogP contribution in [0.4, 0.5) is 4.79 Å². The number of benzene rings is 1. The molecule has 1 rings (SSSR count). The third-order valence-electron chi connectivity index (χ3n) is 4.06. The molecule has 0 aromatic heterocycles. The van der Waals surface area contributed by atoms with E-state index in [4.69, 9.17) is 21.4 Å². The number of carboxylic acid groups (broad SMARTS) is 1. The number of carbonyl (C=O) groups excluding carboxylic acids is 1. The first kappa shape index (κ1) is 21.3. The fraction of sp³-hybridized carbons (Fsp3) is 0.556. The van der Waals surface area contributed by atoms with Gasteiger partial charge in [0.1, 0.15) is 0 Å². The van der Waals surface area contributed by atoms with Crippen molar-refractivity contribution in [3.05, 3.63) is 34.9 Å². The normalized spacial score (nSPS) is 13.1. The van der Waals surface area contributed by atoms with Crippen molar-refractivity contribution < 1.29 is 19.4 Å². The summed E-state index contributed by atoms with van der Waals surface area (Å²) in [6, 6.07) is 7.31. The van der Waals surface area contributed by atoms with Crippen molar-refractivity contribution in [2.24, 2.45) is 5.92 Å². The standard InChI is InChI=1S/C18H27ClN2O4/c1-13(17(22)23)12-21(2)18(24)20-11-15(5-4-10-25-3)14-6-8-16(19)9-7-14/h6-9,13,15H,4-5,10-12H2,1-3H3,(H,20,24)(H,22,23). The Morgan fingerprint density at radius 2 is 1.96 bits per heavy atom. The Kier molecular flexibility index (Phi) is 9.31. The number of aliphatic carboxylic acids is 1. The smallest absolute Gasteiger partial charge is 0.317 e. The van der Waals surface area contributed by atoms with Crippen LogP contribution in [0.5, 0.6) is 0 Å². The van der Waals surface area contributed by atoms with Crippen molar-refractivity contribution >= 4 is 23.6 Å². The van der Waals surface area contributed by atoms with E-state index in [0.29, 0.717) is 18.2 Å². The maximum atomic E-state index is 12.2. The average Bonchev–Trinajstić information content (AvgIpc) is 2.58. The zero-order valence-electron chi connectivity index (χ0n) is 15.0. The van der Waals surface area contributed by atoms with Crippen molar-refractivity contribution in [3.8, 4) is 0 Å². The van der Waals surface area contributed by atoms with Crippen molar-refractivity contribution in [3.63, 3.8) is 0 Å². The van der Waals surface area contributed by atoms with Gasteiger partial charge in [0.05, 0.1) is 5.92 Å². The summed E-state index contributed by atoms with van der Waals surface area (Å²) in [6.45, 7) is 2.87. The number of methoxy groups -OCH3 is 1. The summed E-state index contributed by atoms with van der Waals surface area (Å²) < 4.78 is 5.10. The molecule has 0 spiro atoms. The zero-order valence-corrected chi connectivity index (χ0v) is 15.8. The quantitative estimate of drug-likeness (QED) is 0.620. The van der Waals surface area contributed by atoms with Crippen molar-refractivity contribution in [2.75, 3.05) is 33.9 Å². The molecule has 0 aliphatic heterocycles. The van der Waals surface area contributed by atoms with Crippen LogP contribution >= 0.6 is 11.6 Å². The SMILES string of the molecule is COCCCC(CNC(=O)N(C)CC(C)C(=O)O)c1ccc(Cl)cc1. The predicted octanol–water partition coefficient (Wildman–Crippen LogP) is 3.21. The molecule has 140 valence electrons. The van der Waals surface area contributed by atoms with Crippen LogP contribution in [0.3, 0.4) is 0 Å². The van der Waals surface area contributed by atoms with E-state index in [-0.39, 0.29) is 18.5 Å². The first-order valence-electron chi connectivity index (χ1n) is 8.31. The van der Waals surface area contributed by atoms with Crippen LogP contribution in [-0.4, -0.2) is 55.9 Å². The molecular weight excluding hydrogens is 344 g/mol. The Hall–Kier alpha value is -1.79. The van der Waals surface area contributed by atoms with E-state index in [1.54, 1.807) is 21.1 Å². The van der Waals surface area contributed by atoms with E-state index in [0.717, 1.165) is 18.4 Å². The van der Waals surface area contributed by atoms with E-state index in [1.807, 2.05) is 24.3 Å². The Morgan fingerprint density at radius 1 is 1.32 bits per heavy atom. The Balaban J connectivity index is 2.63. The molecule has 0 radical (unpaired) electrons. The minimum atomic E-state index is -0.918. The van der Waals surface area contributed by atoms with E-state index in [9.17, 15) is 9.59 Å². The Morgan fingerprint density at radius 3 is 2.52 bits per heavy atom. The highest BCUT2D eigenvalue weighted by molar-refractivity contribution is 6.30. The second kappa shape index (κ2) is 10.9. The van der Waals surface area contributed by atoms with Crippen LogP contribution in [0.25, 0.3) is 0 Å². The molecular formula is C18H27ClN2O4. The van der Waals surface area contributed by atoms with Crippen molar-refractivity contribution in [1.82, 2.24) is 10.2 Å². The topological polar surface area (TPSA) is 78.9 Å². The molecule has 0 saturated heterocycles. The molecule has 2 atom stereocenters. The summed E-state index contributed by atoms with van der Waals surface area (Å²) >= 11 is 5.94. The summed E-state index contributed by atoms with van der Waals surface area (Å²) in [5, 5.41) is 12.5. The lowest BCUT2D eigenvalue weighted by molar-refractivity contribution is -0.141. The molecule has 0 bridgehead atoms. The van der Waals surface area contributed by atoms with E-state index >= 15 is 0 Å². The molecule has 0 aliphatic rings. The van der Waals surface area contributed by atoms with Gasteiger partial charge in [-0.2, -0.15) is 0 Å². The van der Waals surface area contributed by atoms with Crippen LogP contribution < -0.4 is 5.32 Å². The number of halogens is 1. The lowest BCUT2D eigenvalue weighted by Gasteiger charge is -2.23. The summed E-state index contributed by atoms with van der Waals surface area (Å²) in [5.74, 6) is -1.38. The van der Waals surface area contributed by atoms with Gasteiger partial charge in [-0.25, -0.2) is 4.79 Å². The first-order chi connectivity index (χ1) is 11.8. The zero-order chi connectivity index (χ0) is 18.8. The number of nitrogens with zero attached hydrogens (tertiary/aromatic N) is 1. The summed E-state index contributed by atoms with van der Waals surface area (Å²) in [4.78, 5) is 24.5. The maximum absolute atomic E-state index is 12.2. The Bertz CT molecular complexity index is 551. The monoisotopic (exact) mass is 370 g/mol. The number of carbonyl (C=O) groups is 2. The number of amides is 2. The molecule has 2 unspecified atom stereocenters. The number of hydrogen-bond acceptors (Lipinski definition) is 3. The molecule has 7 heteroatoms. The number of urea groups is 1. The van der Waals surface area contributed by atoms with Gasteiger partial charge >= 0.3 is 12.0 Å². The van der Waals surface area contributed by atoms with E-state index in [2.05, 4.69) is 5.32 Å². The van der Waals surface area contributed by atoms with Gasteiger partial charge in [-0.1, -0.05) is 30.7 Å². The van der Waals surface area contributed by atoms with Crippen molar-refractivity contribution in [2.45, 2.75) is 25.7 Å². The second-order valence-corrected chi connectivity index (χ2v) is 6.63. The molecule has 1 aromatic carbocycles. The third-order valence-corrected chi connectivity index (χ3v) is 4.31. The summed E-state index contributed by atoms with van der Waals surface area (Å²) in [7, 11) is 3.26. The maximum Gasteiger partial charge on any atom is 0.317 e. The summed E-state index contributed by atoms with van der Waals surface area (Å²) in [6.07, 6.45) is 1.75. The molecule has 0 saturated carbocycles. The molecule has 1 aromatic rings. The molecule has 25 heavy (non-hydrogen) atoms. The highest BCUT2D eigenvalue weighted by Gasteiger charge is 2.19. The van der Waals surface area contributed by atoms with Crippen molar-refractivity contribution in [1.29, 1.82) is 0 Å². The number of rotatable bonds is 10. The number of hydrogen-bond donors (Lipinski definition) is 2. The average molecular weight is 371 g/mol. The van der Waals surface area contributed by atoms with Crippen LogP contribution in [0.2, 0.25) is 5.02 Å². The number of carboxylic acids is 1. The largest absolute Gasteiger partial charge is 0.481 e. The molecule has 0 heterocycles. The molecule has 0 fully saturated rings. The number of ether oxygens (including phenoxy) is 1. The predicted molar refractivity (Wildman–Crippen MR) is 98.1 cm³/mol. The minimum absolute atomic E-state index is 0.140. The van der Waals surface area contributed by atoms with Crippen LogP contribution in [0.15, 0.2) is 24.3 Å². The fourth-order valence-electron chi connectivity index (χ4n) is 2.51. The van der Waals surface area contributed by atoms with Crippen LogP contribution in [0, 0.1) is 5.92 Å². The van der Waals surface area contributed by atoms with Gasteiger partial charge in [0.25, 0.3) is 0 Å². The minimum Gasteiger partial charge on any atom is -0.481 e. The molecule has 2 N–H and O–H groups in total. The van der Waals surface area contributed by atoms with Gasteiger partial charge in [0.15, 0.2) is 0 Å². The number of nitrogens with one attached hydrogen (secondary N) is 1. The van der Waals surface area contributed by atoms with E-state index < -0.39 is 11.9 Å². The van der Waals surface area contributed by atoms with Gasteiger partial charge in [-0.05, 0) is 30.5 Å². The van der Waals surface area contributed by atoms with Gasteiger partial charge in [0.2, 0.25) is 0 Å². The Labute approximate surface area is 154 Å². The summed E-state index contributed by atoms with van der Waals surface area (Å²) in [5.41, 5.74) is 1.10. The van der Waals surface area contributed by atoms with Gasteiger partial charge in [-0.3, -0.25) is 4.79 Å². The highest BCUT2D eigenvalue weighted by Crippen LogP contribution is 2.22. The lowest BCUT2D eigenvalue weighted by atomic mass is 9.94. The molecule has 6 nitrogen and oxygen atoms in total. The van der Waals surface area contributed by atoms with E-state index in [1.165, 1.54) is 4.90 Å². The third kappa shape index (κ3) is 7.75. The fourth-order valence-corrected chi connectivity index (χ4v) is 2.64. The second-order valence-electron chi connectivity index (χ2n) is 6.19. The first-order valence-corrected chi connectivity index (χ1v) is 8.69. The van der Waals surface area contributed by atoms with Crippen LogP contribution in [-0.2, 0) is 9.53 Å².